The average Bonchev–Trinajstić information content (AvgIpc) is 2.36. The van der Waals surface area contributed by atoms with Crippen molar-refractivity contribution in [1.29, 1.82) is 0 Å². The Balaban J connectivity index is 3.69. The third-order valence-electron chi connectivity index (χ3n) is 3.10. The number of nitrogens with zero attached hydrogens (tertiary/aromatic N) is 1. The summed E-state index contributed by atoms with van der Waals surface area (Å²) >= 11 is 0. The molecule has 0 fully saturated rings. The molecule has 1 amide bonds. The molecule has 1 atom stereocenters. The first kappa shape index (κ1) is 18.9. The molecule has 0 aromatic rings. The first-order chi connectivity index (χ1) is 9.47. The highest BCUT2D eigenvalue weighted by Gasteiger charge is 2.14. The Morgan fingerprint density at radius 3 is 2.40 bits per heavy atom. The summed E-state index contributed by atoms with van der Waals surface area (Å²) in [6.07, 6.45) is 5.19. The number of aliphatic hydroxyl groups excluding tert-OH is 1. The highest BCUT2D eigenvalue weighted by molar-refractivity contribution is 5.75. The van der Waals surface area contributed by atoms with Crippen molar-refractivity contribution in [3.63, 3.8) is 0 Å². The van der Waals surface area contributed by atoms with Gasteiger partial charge in [0.2, 0.25) is 5.91 Å². The summed E-state index contributed by atoms with van der Waals surface area (Å²) in [7, 11) is 0. The van der Waals surface area contributed by atoms with E-state index in [0.717, 1.165) is 19.3 Å². The quantitative estimate of drug-likeness (QED) is 0.371. The van der Waals surface area contributed by atoms with Crippen molar-refractivity contribution in [3.8, 4) is 0 Å². The lowest BCUT2D eigenvalue weighted by atomic mass is 10.1. The van der Waals surface area contributed by atoms with Crippen molar-refractivity contribution in [3.05, 3.63) is 0 Å². The molecule has 0 heterocycles. The lowest BCUT2D eigenvalue weighted by molar-refractivity contribution is -0.141. The lowest BCUT2D eigenvalue weighted by Gasteiger charge is -2.23. The van der Waals surface area contributed by atoms with Gasteiger partial charge in [0.1, 0.15) is 6.23 Å². The second-order valence-electron chi connectivity index (χ2n) is 5.01. The Morgan fingerprint density at radius 1 is 1.20 bits per heavy atom. The Kier molecular flexibility index (Phi) is 11.0. The second kappa shape index (κ2) is 11.7. The van der Waals surface area contributed by atoms with Gasteiger partial charge in [-0.2, -0.15) is 0 Å². The molecule has 0 rings (SSSR count). The number of aliphatic carboxylic acids is 1. The van der Waals surface area contributed by atoms with Crippen LogP contribution < -0.4 is 5.32 Å². The number of carboxylic acids is 1. The van der Waals surface area contributed by atoms with Crippen LogP contribution >= 0.6 is 0 Å². The van der Waals surface area contributed by atoms with E-state index in [4.69, 9.17) is 5.11 Å². The van der Waals surface area contributed by atoms with Crippen LogP contribution in [0.1, 0.15) is 52.4 Å². The number of hydrogen-bond acceptors (Lipinski definition) is 4. The maximum absolute atomic E-state index is 11.5. The van der Waals surface area contributed by atoms with E-state index in [-0.39, 0.29) is 12.5 Å². The minimum atomic E-state index is -0.992. The van der Waals surface area contributed by atoms with E-state index >= 15 is 0 Å². The van der Waals surface area contributed by atoms with Gasteiger partial charge < -0.3 is 15.5 Å². The number of aliphatic hydroxyl groups is 1. The van der Waals surface area contributed by atoms with Gasteiger partial charge in [0, 0.05) is 19.5 Å². The van der Waals surface area contributed by atoms with Crippen molar-refractivity contribution in [2.75, 3.05) is 19.6 Å². The number of carbonyl (C=O) groups excluding carboxylic acids is 1. The number of nitrogens with one attached hydrogen (secondary N) is 1. The molecule has 0 aromatic heterocycles. The van der Waals surface area contributed by atoms with Crippen LogP contribution in [0.15, 0.2) is 0 Å². The molecule has 0 aliphatic rings. The molecular weight excluding hydrogens is 260 g/mol. The number of carbonyl (C=O) groups is 2. The van der Waals surface area contributed by atoms with Crippen LogP contribution in [-0.2, 0) is 9.59 Å². The molecule has 0 aliphatic heterocycles. The first-order valence-electron chi connectivity index (χ1n) is 7.38. The van der Waals surface area contributed by atoms with Crippen LogP contribution in [-0.4, -0.2) is 52.9 Å². The van der Waals surface area contributed by atoms with E-state index in [0.29, 0.717) is 19.5 Å². The topological polar surface area (TPSA) is 89.9 Å². The molecule has 1 unspecified atom stereocenters. The van der Waals surface area contributed by atoms with Gasteiger partial charge in [0.05, 0.1) is 6.54 Å². The number of unbranched alkanes of at least 4 members (excludes halogenated alkanes) is 4. The summed E-state index contributed by atoms with van der Waals surface area (Å²) < 4.78 is 0. The fraction of sp³-hybridized carbons (Fsp3) is 0.857. The average molecular weight is 288 g/mol. The molecule has 0 radical (unpaired) electrons. The zero-order valence-electron chi connectivity index (χ0n) is 12.6. The molecule has 0 saturated heterocycles. The summed E-state index contributed by atoms with van der Waals surface area (Å²) in [5, 5.41) is 20.8. The minimum Gasteiger partial charge on any atom is -0.480 e. The van der Waals surface area contributed by atoms with Crippen LogP contribution in [0.4, 0.5) is 0 Å². The maximum Gasteiger partial charge on any atom is 0.317 e. The molecule has 118 valence electrons. The summed E-state index contributed by atoms with van der Waals surface area (Å²) in [4.78, 5) is 23.5. The normalized spacial score (nSPS) is 12.4. The van der Waals surface area contributed by atoms with E-state index in [1.165, 1.54) is 24.7 Å². The van der Waals surface area contributed by atoms with Gasteiger partial charge in [-0.05, 0) is 13.3 Å². The van der Waals surface area contributed by atoms with Crippen molar-refractivity contribution < 1.29 is 19.8 Å². The highest BCUT2D eigenvalue weighted by Crippen LogP contribution is 2.04. The molecule has 0 aliphatic carbocycles. The fourth-order valence-electron chi connectivity index (χ4n) is 1.89. The standard InChI is InChI=1S/C14H28N2O4/c1-3-4-5-6-7-8-13(18)15-9-10-16(12(2)17)11-14(19)20/h12,17H,3-11H2,1-2H3,(H,15,18)(H,19,20). The molecule has 0 saturated carbocycles. The Hall–Kier alpha value is -1.14. The van der Waals surface area contributed by atoms with E-state index < -0.39 is 12.2 Å². The molecule has 20 heavy (non-hydrogen) atoms. The van der Waals surface area contributed by atoms with Gasteiger partial charge in [0.15, 0.2) is 0 Å². The molecule has 6 heteroatoms. The largest absolute Gasteiger partial charge is 0.480 e. The van der Waals surface area contributed by atoms with Gasteiger partial charge in [-0.1, -0.05) is 32.6 Å². The van der Waals surface area contributed by atoms with E-state index in [1.807, 2.05) is 0 Å². The van der Waals surface area contributed by atoms with Crippen LogP contribution in [0, 0.1) is 0 Å². The SMILES string of the molecule is CCCCCCCC(=O)NCCN(CC(=O)O)C(C)O. The van der Waals surface area contributed by atoms with Gasteiger partial charge in [-0.15, -0.1) is 0 Å². The van der Waals surface area contributed by atoms with Crippen molar-refractivity contribution in [2.24, 2.45) is 0 Å². The van der Waals surface area contributed by atoms with Crippen LogP contribution in [0.25, 0.3) is 0 Å². The summed E-state index contributed by atoms with van der Waals surface area (Å²) in [5.41, 5.74) is 0. The highest BCUT2D eigenvalue weighted by atomic mass is 16.4. The van der Waals surface area contributed by atoms with Crippen LogP contribution in [0.3, 0.4) is 0 Å². The number of amides is 1. The van der Waals surface area contributed by atoms with Gasteiger partial charge in [-0.3, -0.25) is 14.5 Å². The van der Waals surface area contributed by atoms with Gasteiger partial charge >= 0.3 is 5.97 Å². The summed E-state index contributed by atoms with van der Waals surface area (Å²) in [6, 6.07) is 0. The van der Waals surface area contributed by atoms with Crippen molar-refractivity contribution >= 4 is 11.9 Å². The maximum atomic E-state index is 11.5. The lowest BCUT2D eigenvalue weighted by Crippen LogP contribution is -2.42. The van der Waals surface area contributed by atoms with E-state index in [9.17, 15) is 14.7 Å². The molecule has 0 spiro atoms. The smallest absolute Gasteiger partial charge is 0.317 e. The predicted octanol–water partition coefficient (Wildman–Crippen LogP) is 1.19. The van der Waals surface area contributed by atoms with Crippen LogP contribution in [0.5, 0.6) is 0 Å². The zero-order chi connectivity index (χ0) is 15.4. The fourth-order valence-corrected chi connectivity index (χ4v) is 1.89. The van der Waals surface area contributed by atoms with Crippen LogP contribution in [0.2, 0.25) is 0 Å². The molecule has 0 bridgehead atoms. The Labute approximate surface area is 121 Å². The monoisotopic (exact) mass is 288 g/mol. The van der Waals surface area contributed by atoms with Gasteiger partial charge in [0.25, 0.3) is 0 Å². The van der Waals surface area contributed by atoms with Crippen molar-refractivity contribution in [1.82, 2.24) is 10.2 Å². The molecule has 3 N–H and O–H groups in total. The minimum absolute atomic E-state index is 0.0117. The summed E-state index contributed by atoms with van der Waals surface area (Å²) in [6.45, 7) is 4.11. The van der Waals surface area contributed by atoms with E-state index in [2.05, 4.69) is 12.2 Å². The van der Waals surface area contributed by atoms with E-state index in [1.54, 1.807) is 0 Å². The Bertz CT molecular complexity index is 282. The number of carboxylic acid groups (broad SMARTS) is 1. The third-order valence-corrected chi connectivity index (χ3v) is 3.10. The zero-order valence-corrected chi connectivity index (χ0v) is 12.6. The third kappa shape index (κ3) is 10.8. The molecule has 6 nitrogen and oxygen atoms in total. The second-order valence-corrected chi connectivity index (χ2v) is 5.01. The predicted molar refractivity (Wildman–Crippen MR) is 77.3 cm³/mol. The Morgan fingerprint density at radius 2 is 1.85 bits per heavy atom. The van der Waals surface area contributed by atoms with Crippen molar-refractivity contribution in [2.45, 2.75) is 58.6 Å². The first-order valence-corrected chi connectivity index (χ1v) is 7.38. The number of hydrogen-bond donors (Lipinski definition) is 3. The van der Waals surface area contributed by atoms with Gasteiger partial charge in [-0.25, -0.2) is 0 Å². The molecular formula is C14H28N2O4. The number of rotatable bonds is 12. The molecule has 0 aromatic carbocycles. The summed E-state index contributed by atoms with van der Waals surface area (Å²) in [5.74, 6) is -1.00.